The van der Waals surface area contributed by atoms with Crippen LogP contribution in [0.5, 0.6) is 17.2 Å². The Morgan fingerprint density at radius 3 is 2.45 bits per heavy atom. The number of fused-ring (bicyclic) bond motifs is 4. The van der Waals surface area contributed by atoms with Crippen LogP contribution in [0.3, 0.4) is 0 Å². The zero-order valence-corrected chi connectivity index (χ0v) is 15.4. The average Bonchev–Trinajstić information content (AvgIpc) is 3.19. The summed E-state index contributed by atoms with van der Waals surface area (Å²) < 4.78 is 5.65. The predicted octanol–water partition coefficient (Wildman–Crippen LogP) is 3.25. The predicted molar refractivity (Wildman–Crippen MR) is 103 cm³/mol. The summed E-state index contributed by atoms with van der Waals surface area (Å²) in [5, 5.41) is 41.0. The molecule has 2 bridgehead atoms. The quantitative estimate of drug-likeness (QED) is 0.298. The van der Waals surface area contributed by atoms with Gasteiger partial charge in [0.15, 0.2) is 17.1 Å². The van der Waals surface area contributed by atoms with Gasteiger partial charge in [-0.05, 0) is 47.6 Å². The molecule has 0 radical (unpaired) electrons. The standard InChI is InChI=1S/C22H18O7/c1-8-9-2-3-10(8)17(22(27)28)16(9)15-11-4-6-13(23)18(25)20(11)29-21-12(15)5-7-14(24)19(21)26/h2-10,16-17,23,25-26H,1H3,(H,27,28)/t8-,9-,10+,16-,17+/m0/s1. The number of carbonyl (C=O) groups is 1. The first kappa shape index (κ1) is 17.6. The van der Waals surface area contributed by atoms with Crippen molar-refractivity contribution in [1.29, 1.82) is 0 Å². The maximum atomic E-state index is 12.2. The van der Waals surface area contributed by atoms with E-state index in [2.05, 4.69) is 0 Å². The lowest BCUT2D eigenvalue weighted by atomic mass is 9.75. The minimum absolute atomic E-state index is 0.0556. The van der Waals surface area contributed by atoms with Crippen molar-refractivity contribution < 1.29 is 29.6 Å². The molecule has 7 heteroatoms. The number of phenols is 3. The molecule has 0 aromatic heterocycles. The van der Waals surface area contributed by atoms with E-state index in [1.807, 2.05) is 19.1 Å². The second-order valence-corrected chi connectivity index (χ2v) is 7.90. The Balaban J connectivity index is 1.93. The SMILES string of the molecule is C[C@@H]1[C@H]2C=C[C@@H]1[C@@H](c1c3ccc(=O)c(O)c-3oc3c(O)c(O)ccc13)[C@@H]2C(=O)O. The van der Waals surface area contributed by atoms with E-state index in [9.17, 15) is 30.0 Å². The van der Waals surface area contributed by atoms with Gasteiger partial charge in [0.25, 0.3) is 0 Å². The molecule has 1 fully saturated rings. The van der Waals surface area contributed by atoms with E-state index in [0.29, 0.717) is 16.5 Å². The summed E-state index contributed by atoms with van der Waals surface area (Å²) in [5.74, 6) is -3.84. The van der Waals surface area contributed by atoms with Gasteiger partial charge in [0.2, 0.25) is 16.9 Å². The highest BCUT2D eigenvalue weighted by atomic mass is 16.4. The lowest BCUT2D eigenvalue weighted by molar-refractivity contribution is -0.143. The van der Waals surface area contributed by atoms with Crippen LogP contribution < -0.4 is 5.43 Å². The van der Waals surface area contributed by atoms with Gasteiger partial charge in [0.05, 0.1) is 5.92 Å². The Bertz CT molecular complexity index is 1240. The van der Waals surface area contributed by atoms with Crippen LogP contribution in [0.2, 0.25) is 0 Å². The molecule has 4 aliphatic rings. The first-order chi connectivity index (χ1) is 13.8. The number of phenolic OH excluding ortho intramolecular Hbond substituents is 3. The maximum Gasteiger partial charge on any atom is 0.307 e. The number of hydrogen-bond donors (Lipinski definition) is 4. The van der Waals surface area contributed by atoms with Crippen LogP contribution in [0, 0.1) is 23.7 Å². The average molecular weight is 394 g/mol. The number of aromatic hydroxyl groups is 3. The molecule has 1 aliphatic heterocycles. The third kappa shape index (κ3) is 2.18. The fourth-order valence-corrected chi connectivity index (χ4v) is 5.28. The third-order valence-corrected chi connectivity index (χ3v) is 6.59. The van der Waals surface area contributed by atoms with E-state index in [1.54, 1.807) is 6.07 Å². The number of allylic oxidation sites excluding steroid dienone is 2. The summed E-state index contributed by atoms with van der Waals surface area (Å²) in [6, 6.07) is 5.60. The van der Waals surface area contributed by atoms with E-state index in [1.165, 1.54) is 18.2 Å². The van der Waals surface area contributed by atoms with Crippen molar-refractivity contribution in [2.75, 3.05) is 0 Å². The van der Waals surface area contributed by atoms with Crippen LogP contribution in [-0.4, -0.2) is 26.4 Å². The van der Waals surface area contributed by atoms with Crippen LogP contribution >= 0.6 is 0 Å². The van der Waals surface area contributed by atoms with Crippen molar-refractivity contribution in [3.8, 4) is 28.6 Å². The lowest BCUT2D eigenvalue weighted by Crippen LogP contribution is -2.26. The molecule has 1 aromatic carbocycles. The summed E-state index contributed by atoms with van der Waals surface area (Å²) in [7, 11) is 0. The fraction of sp³-hybridized carbons (Fsp3) is 0.273. The first-order valence-corrected chi connectivity index (χ1v) is 9.35. The van der Waals surface area contributed by atoms with Gasteiger partial charge < -0.3 is 24.8 Å². The molecule has 1 aromatic rings. The molecule has 0 saturated heterocycles. The summed E-state index contributed by atoms with van der Waals surface area (Å²) in [5.41, 5.74) is 0.256. The van der Waals surface area contributed by atoms with E-state index < -0.39 is 40.5 Å². The normalized spacial score (nSPS) is 27.8. The van der Waals surface area contributed by atoms with E-state index in [0.717, 1.165) is 0 Å². The molecule has 4 N–H and O–H groups in total. The molecular formula is C22H18O7. The molecule has 5 rings (SSSR count). The number of rotatable bonds is 2. The molecule has 0 amide bonds. The van der Waals surface area contributed by atoms with Crippen LogP contribution in [0.25, 0.3) is 22.3 Å². The van der Waals surface area contributed by atoms with Crippen molar-refractivity contribution in [3.63, 3.8) is 0 Å². The van der Waals surface area contributed by atoms with Gasteiger partial charge in [-0.3, -0.25) is 9.59 Å². The summed E-state index contributed by atoms with van der Waals surface area (Å²) >= 11 is 0. The van der Waals surface area contributed by atoms with E-state index in [-0.39, 0.29) is 29.1 Å². The molecule has 5 atom stereocenters. The Labute approximate surface area is 164 Å². The zero-order valence-electron chi connectivity index (χ0n) is 15.4. The smallest absolute Gasteiger partial charge is 0.307 e. The van der Waals surface area contributed by atoms with Gasteiger partial charge in [-0.25, -0.2) is 0 Å². The van der Waals surface area contributed by atoms with Crippen LogP contribution in [0.1, 0.15) is 18.4 Å². The first-order valence-electron chi connectivity index (χ1n) is 9.35. The molecule has 3 aliphatic carbocycles. The molecule has 1 heterocycles. The summed E-state index contributed by atoms with van der Waals surface area (Å²) in [4.78, 5) is 24.2. The number of benzene rings is 2. The molecular weight excluding hydrogens is 376 g/mol. The second-order valence-electron chi connectivity index (χ2n) is 7.90. The van der Waals surface area contributed by atoms with Gasteiger partial charge in [-0.1, -0.05) is 19.1 Å². The molecule has 0 spiro atoms. The fourth-order valence-electron chi connectivity index (χ4n) is 5.28. The van der Waals surface area contributed by atoms with Crippen molar-refractivity contribution in [2.24, 2.45) is 23.7 Å². The monoisotopic (exact) mass is 394 g/mol. The van der Waals surface area contributed by atoms with Crippen molar-refractivity contribution in [3.05, 3.63) is 52.2 Å². The van der Waals surface area contributed by atoms with Crippen molar-refractivity contribution in [1.82, 2.24) is 0 Å². The van der Waals surface area contributed by atoms with Crippen molar-refractivity contribution in [2.45, 2.75) is 12.8 Å². The number of carboxylic acids is 1. The largest absolute Gasteiger partial charge is 0.504 e. The number of aliphatic carboxylic acids is 1. The molecule has 1 saturated carbocycles. The molecule has 148 valence electrons. The van der Waals surface area contributed by atoms with Crippen LogP contribution in [-0.2, 0) is 4.79 Å². The molecule has 7 nitrogen and oxygen atoms in total. The minimum atomic E-state index is -0.923. The molecule has 0 unspecified atom stereocenters. The minimum Gasteiger partial charge on any atom is -0.504 e. The second kappa shape index (κ2) is 5.76. The zero-order chi connectivity index (χ0) is 20.6. The number of carboxylic acid groups (broad SMARTS) is 1. The Kier molecular flexibility index (Phi) is 3.50. The van der Waals surface area contributed by atoms with Gasteiger partial charge >= 0.3 is 5.97 Å². The van der Waals surface area contributed by atoms with Crippen LogP contribution in [0.4, 0.5) is 0 Å². The summed E-state index contributed by atoms with van der Waals surface area (Å²) in [6.07, 6.45) is 3.96. The van der Waals surface area contributed by atoms with Crippen molar-refractivity contribution >= 4 is 16.9 Å². The Morgan fingerprint density at radius 1 is 1.00 bits per heavy atom. The van der Waals surface area contributed by atoms with Gasteiger partial charge in [-0.2, -0.15) is 0 Å². The van der Waals surface area contributed by atoms with E-state index >= 15 is 0 Å². The topological polar surface area (TPSA) is 128 Å². The highest BCUT2D eigenvalue weighted by molar-refractivity contribution is 5.95. The summed E-state index contributed by atoms with van der Waals surface area (Å²) in [6.45, 7) is 2.01. The van der Waals surface area contributed by atoms with E-state index in [4.69, 9.17) is 4.42 Å². The highest BCUT2D eigenvalue weighted by Gasteiger charge is 2.54. The molecule has 29 heavy (non-hydrogen) atoms. The van der Waals surface area contributed by atoms with Crippen LogP contribution in [0.15, 0.2) is 45.6 Å². The highest BCUT2D eigenvalue weighted by Crippen LogP contribution is 2.59. The Hall–Kier alpha value is -3.48. The van der Waals surface area contributed by atoms with Gasteiger partial charge in [-0.15, -0.1) is 0 Å². The van der Waals surface area contributed by atoms with Gasteiger partial charge in [0, 0.05) is 16.9 Å². The Morgan fingerprint density at radius 2 is 1.72 bits per heavy atom. The number of hydrogen-bond acceptors (Lipinski definition) is 6. The maximum absolute atomic E-state index is 12.2. The van der Waals surface area contributed by atoms with Gasteiger partial charge in [0.1, 0.15) is 0 Å². The third-order valence-electron chi connectivity index (χ3n) is 6.59. The lowest BCUT2D eigenvalue weighted by Gasteiger charge is -2.29.